The van der Waals surface area contributed by atoms with Crippen LogP contribution >= 0.6 is 11.6 Å². The smallest absolute Gasteiger partial charge is 0.189 e. The maximum atomic E-state index is 6.15. The lowest BCUT2D eigenvalue weighted by Gasteiger charge is -2.25. The molecule has 2 N–H and O–H groups in total. The summed E-state index contributed by atoms with van der Waals surface area (Å²) >= 11 is 6.15. The van der Waals surface area contributed by atoms with Gasteiger partial charge in [0.05, 0.1) is 6.61 Å². The maximum Gasteiger partial charge on any atom is 0.189 e. The molecule has 1 aliphatic rings. The molecule has 0 aromatic heterocycles. The molecule has 4 heteroatoms. The van der Waals surface area contributed by atoms with Crippen LogP contribution < -0.4 is 10.5 Å². The van der Waals surface area contributed by atoms with Crippen LogP contribution in [0.5, 0.6) is 5.75 Å². The maximum absolute atomic E-state index is 6.15. The molecule has 0 aliphatic carbocycles. The van der Waals surface area contributed by atoms with Crippen molar-refractivity contribution >= 4 is 11.6 Å². The van der Waals surface area contributed by atoms with Crippen LogP contribution in [0.15, 0.2) is 12.1 Å². The molecule has 0 spiro atoms. The summed E-state index contributed by atoms with van der Waals surface area (Å²) < 4.78 is 10.5. The predicted octanol–water partition coefficient (Wildman–Crippen LogP) is 2.40. The Morgan fingerprint density at radius 1 is 1.40 bits per heavy atom. The summed E-state index contributed by atoms with van der Waals surface area (Å²) in [4.78, 5) is 0. The van der Waals surface area contributed by atoms with Gasteiger partial charge in [-0.3, -0.25) is 0 Å². The van der Waals surface area contributed by atoms with Crippen molar-refractivity contribution in [1.29, 1.82) is 0 Å². The number of rotatable bonds is 1. The lowest BCUT2D eigenvalue weighted by atomic mass is 9.94. The SMILES string of the molecule is CC(C)(N)c1cc2c(cc1Cl)COCO2. The minimum absolute atomic E-state index is 0.291. The van der Waals surface area contributed by atoms with E-state index in [4.69, 9.17) is 26.8 Å². The molecule has 2 rings (SSSR count). The summed E-state index contributed by atoms with van der Waals surface area (Å²) in [5, 5.41) is 0.662. The standard InChI is InChI=1S/C11H14ClNO2/c1-11(2,13)8-4-10-7(3-9(8)12)5-14-6-15-10/h3-4H,5-6,13H2,1-2H3. The van der Waals surface area contributed by atoms with Crippen molar-refractivity contribution in [2.45, 2.75) is 26.0 Å². The Balaban J connectivity index is 2.50. The second-order valence-corrected chi connectivity index (χ2v) is 4.68. The fourth-order valence-corrected chi connectivity index (χ4v) is 2.02. The molecular weight excluding hydrogens is 214 g/mol. The molecule has 1 aromatic rings. The number of halogens is 1. The van der Waals surface area contributed by atoms with Gasteiger partial charge >= 0.3 is 0 Å². The topological polar surface area (TPSA) is 44.5 Å². The van der Waals surface area contributed by atoms with Gasteiger partial charge in [-0.2, -0.15) is 0 Å². The molecule has 0 radical (unpaired) electrons. The van der Waals surface area contributed by atoms with Crippen molar-refractivity contribution in [3.63, 3.8) is 0 Å². The Kier molecular flexibility index (Phi) is 2.63. The molecule has 3 nitrogen and oxygen atoms in total. The largest absolute Gasteiger partial charge is 0.467 e. The van der Waals surface area contributed by atoms with E-state index in [9.17, 15) is 0 Å². The van der Waals surface area contributed by atoms with Crippen molar-refractivity contribution in [3.8, 4) is 5.75 Å². The first-order valence-electron chi connectivity index (χ1n) is 4.81. The number of benzene rings is 1. The third-order valence-electron chi connectivity index (χ3n) is 2.40. The fraction of sp³-hybridized carbons (Fsp3) is 0.455. The minimum atomic E-state index is -0.465. The van der Waals surface area contributed by atoms with Crippen LogP contribution in [0.25, 0.3) is 0 Å². The van der Waals surface area contributed by atoms with E-state index in [1.54, 1.807) is 0 Å². The van der Waals surface area contributed by atoms with Gasteiger partial charge in [0.25, 0.3) is 0 Å². The highest BCUT2D eigenvalue weighted by molar-refractivity contribution is 6.31. The molecule has 0 fully saturated rings. The van der Waals surface area contributed by atoms with Crippen LogP contribution in [-0.2, 0) is 16.9 Å². The van der Waals surface area contributed by atoms with E-state index in [0.29, 0.717) is 18.4 Å². The fourth-order valence-electron chi connectivity index (χ4n) is 1.59. The van der Waals surface area contributed by atoms with Gasteiger partial charge in [-0.05, 0) is 31.5 Å². The van der Waals surface area contributed by atoms with Crippen LogP contribution in [0.2, 0.25) is 5.02 Å². The normalized spacial score (nSPS) is 15.7. The van der Waals surface area contributed by atoms with E-state index in [1.807, 2.05) is 26.0 Å². The van der Waals surface area contributed by atoms with E-state index < -0.39 is 5.54 Å². The highest BCUT2D eigenvalue weighted by atomic mass is 35.5. The van der Waals surface area contributed by atoms with Crippen LogP contribution in [0.3, 0.4) is 0 Å². The molecule has 0 atom stereocenters. The van der Waals surface area contributed by atoms with Crippen molar-refractivity contribution in [3.05, 3.63) is 28.3 Å². The van der Waals surface area contributed by atoms with E-state index in [-0.39, 0.29) is 0 Å². The molecule has 1 heterocycles. The second-order valence-electron chi connectivity index (χ2n) is 4.27. The molecule has 1 aliphatic heterocycles. The summed E-state index contributed by atoms with van der Waals surface area (Å²) in [6, 6.07) is 3.76. The summed E-state index contributed by atoms with van der Waals surface area (Å²) in [6.45, 7) is 4.67. The molecule has 0 unspecified atom stereocenters. The van der Waals surface area contributed by atoms with Gasteiger partial charge in [0.1, 0.15) is 5.75 Å². The van der Waals surface area contributed by atoms with Gasteiger partial charge in [-0.15, -0.1) is 0 Å². The molecule has 1 aromatic carbocycles. The summed E-state index contributed by atoms with van der Waals surface area (Å²) in [5.74, 6) is 0.819. The number of ether oxygens (including phenoxy) is 2. The van der Waals surface area contributed by atoms with Gasteiger partial charge in [0.15, 0.2) is 6.79 Å². The first-order valence-corrected chi connectivity index (χ1v) is 5.18. The quantitative estimate of drug-likeness (QED) is 0.801. The van der Waals surface area contributed by atoms with Crippen molar-refractivity contribution in [2.24, 2.45) is 5.73 Å². The monoisotopic (exact) mass is 227 g/mol. The Hall–Kier alpha value is -0.770. The number of hydrogen-bond acceptors (Lipinski definition) is 3. The van der Waals surface area contributed by atoms with Gasteiger partial charge < -0.3 is 15.2 Å². The Morgan fingerprint density at radius 2 is 2.13 bits per heavy atom. The average Bonchev–Trinajstić information content (AvgIpc) is 2.15. The Labute approximate surface area is 94.1 Å². The Bertz CT molecular complexity index is 385. The molecule has 0 bridgehead atoms. The lowest BCUT2D eigenvalue weighted by molar-refractivity contribution is -0.0164. The van der Waals surface area contributed by atoms with Crippen LogP contribution in [0.4, 0.5) is 0 Å². The third-order valence-corrected chi connectivity index (χ3v) is 2.71. The Morgan fingerprint density at radius 3 is 2.80 bits per heavy atom. The van der Waals surface area contributed by atoms with Crippen molar-refractivity contribution < 1.29 is 9.47 Å². The highest BCUT2D eigenvalue weighted by Gasteiger charge is 2.22. The summed E-state index contributed by atoms with van der Waals surface area (Å²) in [6.07, 6.45) is 0. The summed E-state index contributed by atoms with van der Waals surface area (Å²) in [5.41, 5.74) is 7.42. The lowest BCUT2D eigenvalue weighted by Crippen LogP contribution is -2.29. The molecule has 0 saturated heterocycles. The minimum Gasteiger partial charge on any atom is -0.467 e. The van der Waals surface area contributed by atoms with Crippen LogP contribution in [0, 0.1) is 0 Å². The average molecular weight is 228 g/mol. The molecule has 82 valence electrons. The zero-order chi connectivity index (χ0) is 11.1. The van der Waals surface area contributed by atoms with Gasteiger partial charge in [0, 0.05) is 16.1 Å². The third kappa shape index (κ3) is 2.09. The number of hydrogen-bond donors (Lipinski definition) is 1. The van der Waals surface area contributed by atoms with Gasteiger partial charge in [-0.1, -0.05) is 11.6 Å². The van der Waals surface area contributed by atoms with E-state index in [0.717, 1.165) is 16.9 Å². The zero-order valence-corrected chi connectivity index (χ0v) is 9.60. The van der Waals surface area contributed by atoms with Crippen LogP contribution in [0.1, 0.15) is 25.0 Å². The highest BCUT2D eigenvalue weighted by Crippen LogP contribution is 2.34. The van der Waals surface area contributed by atoms with Gasteiger partial charge in [-0.25, -0.2) is 0 Å². The zero-order valence-electron chi connectivity index (χ0n) is 8.84. The van der Waals surface area contributed by atoms with Crippen LogP contribution in [-0.4, -0.2) is 6.79 Å². The van der Waals surface area contributed by atoms with E-state index in [1.165, 1.54) is 0 Å². The number of nitrogens with two attached hydrogens (primary N) is 1. The van der Waals surface area contributed by atoms with E-state index in [2.05, 4.69) is 0 Å². The van der Waals surface area contributed by atoms with Gasteiger partial charge in [0.2, 0.25) is 0 Å². The first kappa shape index (κ1) is 10.7. The molecule has 0 saturated carbocycles. The second kappa shape index (κ2) is 3.67. The summed E-state index contributed by atoms with van der Waals surface area (Å²) in [7, 11) is 0. The van der Waals surface area contributed by atoms with Crippen molar-refractivity contribution in [2.75, 3.05) is 6.79 Å². The predicted molar refractivity (Wildman–Crippen MR) is 58.9 cm³/mol. The first-order chi connectivity index (χ1) is 6.98. The molecular formula is C11H14ClNO2. The molecule has 15 heavy (non-hydrogen) atoms. The number of fused-ring (bicyclic) bond motifs is 1. The van der Waals surface area contributed by atoms with Crippen molar-refractivity contribution in [1.82, 2.24) is 0 Å². The molecule has 0 amide bonds. The van der Waals surface area contributed by atoms with E-state index >= 15 is 0 Å².